The van der Waals surface area contributed by atoms with Gasteiger partial charge in [-0.2, -0.15) is 5.10 Å². The van der Waals surface area contributed by atoms with Crippen LogP contribution in [0, 0.1) is 0 Å². The van der Waals surface area contributed by atoms with Crippen molar-refractivity contribution in [1.82, 2.24) is 10.4 Å². The van der Waals surface area contributed by atoms with Crippen molar-refractivity contribution in [3.8, 4) is 0 Å². The Kier molecular flexibility index (Phi) is 6.45. The SMILES string of the molecule is S=C(NN1CCCCC1)C1=NN(c2ccc(Cl)cc2Cl)C(c2ccc(Cl)s2)C1. The highest BCUT2D eigenvalue weighted by Crippen LogP contribution is 2.42. The molecule has 2 aliphatic rings. The minimum atomic E-state index is -0.00715. The average Bonchev–Trinajstić information content (AvgIpc) is 3.29. The van der Waals surface area contributed by atoms with Crippen LogP contribution in [0.15, 0.2) is 35.4 Å². The zero-order valence-electron chi connectivity index (χ0n) is 15.0. The molecule has 0 bridgehead atoms. The largest absolute Gasteiger partial charge is 0.308 e. The lowest BCUT2D eigenvalue weighted by molar-refractivity contribution is 0.197. The normalized spacial score (nSPS) is 20.3. The fourth-order valence-corrected chi connectivity index (χ4v) is 5.37. The average molecular weight is 474 g/mol. The summed E-state index contributed by atoms with van der Waals surface area (Å²) < 4.78 is 0.750. The van der Waals surface area contributed by atoms with Crippen LogP contribution in [0.3, 0.4) is 0 Å². The summed E-state index contributed by atoms with van der Waals surface area (Å²) in [6, 6.07) is 9.38. The summed E-state index contributed by atoms with van der Waals surface area (Å²) in [5, 5.41) is 10.1. The lowest BCUT2D eigenvalue weighted by Gasteiger charge is -2.27. The number of nitrogens with zero attached hydrogens (tertiary/aromatic N) is 3. The smallest absolute Gasteiger partial charge is 0.137 e. The van der Waals surface area contributed by atoms with Crippen molar-refractivity contribution in [3.63, 3.8) is 0 Å². The van der Waals surface area contributed by atoms with E-state index in [1.807, 2.05) is 29.3 Å². The molecule has 0 amide bonds. The number of nitrogens with one attached hydrogen (secondary N) is 1. The maximum Gasteiger partial charge on any atom is 0.137 e. The van der Waals surface area contributed by atoms with E-state index in [0.717, 1.165) is 33.7 Å². The number of hydrazone groups is 1. The molecule has 0 saturated carbocycles. The van der Waals surface area contributed by atoms with E-state index in [1.165, 1.54) is 19.3 Å². The number of thiocarbonyl (C=S) groups is 1. The van der Waals surface area contributed by atoms with Crippen LogP contribution < -0.4 is 10.4 Å². The maximum atomic E-state index is 6.48. The van der Waals surface area contributed by atoms with Crippen molar-refractivity contribution < 1.29 is 0 Å². The summed E-state index contributed by atoms with van der Waals surface area (Å²) in [6.45, 7) is 2.01. The molecule has 2 aromatic rings. The van der Waals surface area contributed by atoms with Crippen LogP contribution in [-0.4, -0.2) is 28.8 Å². The number of piperidine rings is 1. The fourth-order valence-electron chi connectivity index (χ4n) is 3.48. The molecule has 1 atom stereocenters. The van der Waals surface area contributed by atoms with E-state index in [1.54, 1.807) is 17.4 Å². The molecule has 0 radical (unpaired) electrons. The molecule has 2 aliphatic heterocycles. The Bertz CT molecular complexity index is 908. The predicted octanol–water partition coefficient (Wildman–Crippen LogP) is 6.33. The van der Waals surface area contributed by atoms with Crippen molar-refractivity contribution in [2.75, 3.05) is 18.1 Å². The quantitative estimate of drug-likeness (QED) is 0.525. The zero-order chi connectivity index (χ0) is 19.7. The highest BCUT2D eigenvalue weighted by Gasteiger charge is 2.33. The molecular weight excluding hydrogens is 455 g/mol. The Hall–Kier alpha value is -0.890. The number of hydrogen-bond acceptors (Lipinski definition) is 5. The van der Waals surface area contributed by atoms with Crippen LogP contribution in [-0.2, 0) is 0 Å². The molecular formula is C19H19Cl3N4S2. The van der Waals surface area contributed by atoms with Crippen molar-refractivity contribution in [2.24, 2.45) is 5.10 Å². The van der Waals surface area contributed by atoms with Gasteiger partial charge in [0, 0.05) is 29.4 Å². The van der Waals surface area contributed by atoms with Gasteiger partial charge < -0.3 is 5.43 Å². The van der Waals surface area contributed by atoms with Crippen LogP contribution in [0.5, 0.6) is 0 Å². The second-order valence-corrected chi connectivity index (χ2v) is 9.84. The van der Waals surface area contributed by atoms with E-state index in [9.17, 15) is 0 Å². The number of rotatable bonds is 4. The molecule has 28 heavy (non-hydrogen) atoms. The van der Waals surface area contributed by atoms with E-state index in [2.05, 4.69) is 10.4 Å². The number of hydrazine groups is 1. The molecule has 1 unspecified atom stereocenters. The lowest BCUT2D eigenvalue weighted by atomic mass is 10.1. The Balaban J connectivity index is 1.61. The van der Waals surface area contributed by atoms with Gasteiger partial charge in [-0.3, -0.25) is 5.01 Å². The molecule has 1 N–H and O–H groups in total. The highest BCUT2D eigenvalue weighted by molar-refractivity contribution is 7.82. The van der Waals surface area contributed by atoms with Gasteiger partial charge >= 0.3 is 0 Å². The fraction of sp³-hybridized carbons (Fsp3) is 0.368. The van der Waals surface area contributed by atoms with Crippen LogP contribution in [0.2, 0.25) is 14.4 Å². The van der Waals surface area contributed by atoms with E-state index in [-0.39, 0.29) is 6.04 Å². The number of halogens is 3. The molecule has 3 heterocycles. The minimum absolute atomic E-state index is 0.00715. The predicted molar refractivity (Wildman–Crippen MR) is 124 cm³/mol. The summed E-state index contributed by atoms with van der Waals surface area (Å²) in [4.78, 5) is 1.79. The Morgan fingerprint density at radius 3 is 2.57 bits per heavy atom. The second kappa shape index (κ2) is 8.86. The third-order valence-electron chi connectivity index (χ3n) is 4.87. The molecule has 1 aromatic heterocycles. The molecule has 0 spiro atoms. The van der Waals surface area contributed by atoms with E-state index < -0.39 is 0 Å². The maximum absolute atomic E-state index is 6.48. The number of anilines is 1. The van der Waals surface area contributed by atoms with E-state index in [0.29, 0.717) is 21.5 Å². The Morgan fingerprint density at radius 2 is 1.89 bits per heavy atom. The third kappa shape index (κ3) is 4.48. The van der Waals surface area contributed by atoms with E-state index >= 15 is 0 Å². The molecule has 4 rings (SSSR count). The van der Waals surface area contributed by atoms with Crippen LogP contribution >= 0.6 is 58.4 Å². The zero-order valence-corrected chi connectivity index (χ0v) is 18.9. The van der Waals surface area contributed by atoms with Gasteiger partial charge in [0.1, 0.15) is 4.99 Å². The van der Waals surface area contributed by atoms with Crippen LogP contribution in [0.25, 0.3) is 0 Å². The monoisotopic (exact) mass is 472 g/mol. The van der Waals surface area contributed by atoms with Crippen molar-refractivity contribution >= 4 is 74.7 Å². The highest BCUT2D eigenvalue weighted by atomic mass is 35.5. The number of benzene rings is 1. The van der Waals surface area contributed by atoms with Gasteiger partial charge in [0.05, 0.1) is 26.8 Å². The Morgan fingerprint density at radius 1 is 1.11 bits per heavy atom. The topological polar surface area (TPSA) is 30.9 Å². The molecule has 4 nitrogen and oxygen atoms in total. The summed E-state index contributed by atoms with van der Waals surface area (Å²) in [5.74, 6) is 0. The lowest BCUT2D eigenvalue weighted by Crippen LogP contribution is -2.46. The van der Waals surface area contributed by atoms with Gasteiger partial charge in [-0.15, -0.1) is 11.3 Å². The second-order valence-electron chi connectivity index (χ2n) is 6.84. The van der Waals surface area contributed by atoms with Crippen LogP contribution in [0.1, 0.15) is 36.6 Å². The van der Waals surface area contributed by atoms with Gasteiger partial charge in [0.15, 0.2) is 0 Å². The standard InChI is InChI=1S/C19H19Cl3N4S2/c20-12-4-5-15(13(21)10-12)26-16(17-6-7-18(22)28-17)11-14(23-26)19(27)24-25-8-2-1-3-9-25/h4-7,10,16H,1-3,8-9,11H2,(H,24,27). The first-order chi connectivity index (χ1) is 13.5. The van der Waals surface area contributed by atoms with Gasteiger partial charge in [-0.25, -0.2) is 5.01 Å². The van der Waals surface area contributed by atoms with Crippen molar-refractivity contribution in [1.29, 1.82) is 0 Å². The summed E-state index contributed by atoms with van der Waals surface area (Å²) in [7, 11) is 0. The van der Waals surface area contributed by atoms with Crippen molar-refractivity contribution in [3.05, 3.63) is 49.6 Å². The van der Waals surface area contributed by atoms with Crippen LogP contribution in [0.4, 0.5) is 5.69 Å². The summed E-state index contributed by atoms with van der Waals surface area (Å²) in [5.41, 5.74) is 5.01. The van der Waals surface area contributed by atoms with Gasteiger partial charge in [-0.05, 0) is 43.2 Å². The minimum Gasteiger partial charge on any atom is -0.308 e. The first-order valence-corrected chi connectivity index (χ1v) is 11.5. The summed E-state index contributed by atoms with van der Waals surface area (Å²) in [6.07, 6.45) is 4.33. The molecule has 9 heteroatoms. The van der Waals surface area contributed by atoms with E-state index in [4.69, 9.17) is 52.1 Å². The molecule has 1 aromatic carbocycles. The van der Waals surface area contributed by atoms with Gasteiger partial charge in [-0.1, -0.05) is 53.4 Å². The molecule has 1 fully saturated rings. The third-order valence-corrected chi connectivity index (χ3v) is 7.06. The molecule has 148 valence electrons. The first kappa shape index (κ1) is 20.4. The van der Waals surface area contributed by atoms with Gasteiger partial charge in [0.2, 0.25) is 0 Å². The summed E-state index contributed by atoms with van der Waals surface area (Å²) >= 11 is 26.0. The molecule has 1 saturated heterocycles. The van der Waals surface area contributed by atoms with Crippen molar-refractivity contribution in [2.45, 2.75) is 31.7 Å². The number of hydrogen-bond donors (Lipinski definition) is 1. The molecule has 0 aliphatic carbocycles. The Labute approximate surface area is 189 Å². The van der Waals surface area contributed by atoms with Gasteiger partial charge in [0.25, 0.3) is 0 Å². The number of thiophene rings is 1. The first-order valence-electron chi connectivity index (χ1n) is 9.14.